The Morgan fingerprint density at radius 2 is 1.92 bits per heavy atom. The highest BCUT2D eigenvalue weighted by Crippen LogP contribution is 2.61. The zero-order valence-electron chi connectivity index (χ0n) is 16.7. The molecule has 0 radical (unpaired) electrons. The number of carbonyl (C=O) groups excluding carboxylic acids is 1. The molecule has 4 rings (SSSR count). The number of fused-ring (bicyclic) bond motifs is 2. The quantitative estimate of drug-likeness (QED) is 0.734. The summed E-state index contributed by atoms with van der Waals surface area (Å²) in [5.74, 6) is 0.262. The van der Waals surface area contributed by atoms with Gasteiger partial charge in [0, 0.05) is 5.71 Å². The Balaban J connectivity index is 1.85. The van der Waals surface area contributed by atoms with E-state index >= 15 is 0 Å². The van der Waals surface area contributed by atoms with Crippen LogP contribution in [0, 0.1) is 23.2 Å². The lowest BCUT2D eigenvalue weighted by Crippen LogP contribution is -2.65. The van der Waals surface area contributed by atoms with Gasteiger partial charge in [0.05, 0.1) is 12.7 Å². The Morgan fingerprint density at radius 3 is 2.46 bits per heavy atom. The molecule has 0 aromatic carbocycles. The smallest absolute Gasteiger partial charge is 0.333 e. The molecule has 2 bridgehead atoms. The van der Waals surface area contributed by atoms with Crippen LogP contribution in [-0.4, -0.2) is 46.2 Å². The normalized spacial score (nSPS) is 37.7. The van der Waals surface area contributed by atoms with Gasteiger partial charge in [-0.1, -0.05) is 33.1 Å². The number of nitrogens with zero attached hydrogens (tertiary/aromatic N) is 1. The van der Waals surface area contributed by atoms with Crippen LogP contribution < -0.4 is 0 Å². The highest BCUT2D eigenvalue weighted by atomic mass is 16.5. The van der Waals surface area contributed by atoms with Crippen molar-refractivity contribution in [1.29, 1.82) is 0 Å². The average Bonchev–Trinajstić information content (AvgIpc) is 2.60. The third-order valence-corrected chi connectivity index (χ3v) is 7.45. The standard InChI is InChI=1S/C21H35NO4/c1-5-26-19(24)17(18(23)13-9-7-6-8-10-13)22-16-12-14-11-15(20(14,2)3)21(16,4)25/h13-15,17-18,23,25H,5-12H2,1-4H3/t14-,15-,17-,18-,21-/m1/s1. The molecule has 26 heavy (non-hydrogen) atoms. The van der Waals surface area contributed by atoms with E-state index in [2.05, 4.69) is 18.8 Å². The highest BCUT2D eigenvalue weighted by molar-refractivity contribution is 5.96. The van der Waals surface area contributed by atoms with Crippen LogP contribution in [0.15, 0.2) is 4.99 Å². The van der Waals surface area contributed by atoms with Crippen molar-refractivity contribution in [2.75, 3.05) is 6.61 Å². The molecule has 5 nitrogen and oxygen atoms in total. The van der Waals surface area contributed by atoms with Gasteiger partial charge in [0.1, 0.15) is 5.60 Å². The highest BCUT2D eigenvalue weighted by Gasteiger charge is 2.61. The molecule has 5 heteroatoms. The van der Waals surface area contributed by atoms with E-state index in [1.165, 1.54) is 6.42 Å². The minimum Gasteiger partial charge on any atom is -0.464 e. The van der Waals surface area contributed by atoms with Gasteiger partial charge in [-0.2, -0.15) is 0 Å². The van der Waals surface area contributed by atoms with E-state index in [-0.39, 0.29) is 23.9 Å². The summed E-state index contributed by atoms with van der Waals surface area (Å²) in [7, 11) is 0. The van der Waals surface area contributed by atoms with Gasteiger partial charge >= 0.3 is 5.97 Å². The zero-order chi connectivity index (χ0) is 19.1. The van der Waals surface area contributed by atoms with Crippen molar-refractivity contribution in [2.45, 2.75) is 90.4 Å². The summed E-state index contributed by atoms with van der Waals surface area (Å²) in [5.41, 5.74) is -0.245. The Bertz CT molecular complexity index is 562. The third kappa shape index (κ3) is 3.33. The van der Waals surface area contributed by atoms with Crippen LogP contribution in [0.25, 0.3) is 0 Å². The lowest BCUT2D eigenvalue weighted by Gasteiger charge is -2.62. The largest absolute Gasteiger partial charge is 0.464 e. The maximum atomic E-state index is 12.6. The maximum Gasteiger partial charge on any atom is 0.333 e. The average molecular weight is 366 g/mol. The molecule has 0 unspecified atom stereocenters. The van der Waals surface area contributed by atoms with Crippen molar-refractivity contribution in [3.63, 3.8) is 0 Å². The number of carbonyl (C=O) groups is 1. The topological polar surface area (TPSA) is 79.1 Å². The fourth-order valence-corrected chi connectivity index (χ4v) is 5.54. The van der Waals surface area contributed by atoms with Gasteiger partial charge < -0.3 is 14.9 Å². The molecule has 148 valence electrons. The first-order valence-corrected chi connectivity index (χ1v) is 10.3. The molecule has 0 aliphatic heterocycles. The van der Waals surface area contributed by atoms with Gasteiger partial charge in [-0.05, 0) is 62.7 Å². The molecule has 0 amide bonds. The molecule has 4 aliphatic carbocycles. The van der Waals surface area contributed by atoms with E-state index in [9.17, 15) is 15.0 Å². The molecule has 0 heterocycles. The Kier molecular flexibility index (Phi) is 5.51. The maximum absolute atomic E-state index is 12.6. The van der Waals surface area contributed by atoms with E-state index in [1.807, 2.05) is 6.92 Å². The summed E-state index contributed by atoms with van der Waals surface area (Å²) in [6.07, 6.45) is 6.09. The fraction of sp³-hybridized carbons (Fsp3) is 0.905. The van der Waals surface area contributed by atoms with Gasteiger partial charge in [-0.15, -0.1) is 0 Å². The predicted molar refractivity (Wildman–Crippen MR) is 101 cm³/mol. The number of rotatable bonds is 5. The van der Waals surface area contributed by atoms with Crippen LogP contribution >= 0.6 is 0 Å². The minimum atomic E-state index is -1.02. The summed E-state index contributed by atoms with van der Waals surface area (Å²) in [6, 6.07) is -0.917. The number of esters is 1. The monoisotopic (exact) mass is 365 g/mol. The summed E-state index contributed by atoms with van der Waals surface area (Å²) < 4.78 is 5.22. The molecular weight excluding hydrogens is 330 g/mol. The summed E-state index contributed by atoms with van der Waals surface area (Å²) >= 11 is 0. The second-order valence-electron chi connectivity index (χ2n) is 9.32. The van der Waals surface area contributed by atoms with Gasteiger partial charge in [0.2, 0.25) is 0 Å². The minimum absolute atomic E-state index is 0.0852. The van der Waals surface area contributed by atoms with Crippen molar-refractivity contribution in [3.8, 4) is 0 Å². The predicted octanol–water partition coefficient (Wildman–Crippen LogP) is 3.12. The summed E-state index contributed by atoms with van der Waals surface area (Å²) in [4.78, 5) is 17.2. The molecule has 5 atom stereocenters. The Morgan fingerprint density at radius 1 is 1.27 bits per heavy atom. The van der Waals surface area contributed by atoms with Crippen molar-refractivity contribution >= 4 is 11.7 Å². The van der Waals surface area contributed by atoms with E-state index in [0.29, 0.717) is 18.1 Å². The number of aliphatic imine (C=N–C) groups is 1. The third-order valence-electron chi connectivity index (χ3n) is 7.45. The zero-order valence-corrected chi connectivity index (χ0v) is 16.7. The van der Waals surface area contributed by atoms with Crippen LogP contribution in [0.1, 0.15) is 72.6 Å². The lowest BCUT2D eigenvalue weighted by molar-refractivity contribution is -0.149. The van der Waals surface area contributed by atoms with Crippen molar-refractivity contribution < 1.29 is 19.7 Å². The van der Waals surface area contributed by atoms with Crippen LogP contribution in [0.4, 0.5) is 0 Å². The van der Waals surface area contributed by atoms with E-state index in [4.69, 9.17) is 4.74 Å². The Labute approximate surface area is 157 Å². The van der Waals surface area contributed by atoms with Crippen molar-refractivity contribution in [1.82, 2.24) is 0 Å². The molecule has 4 aliphatic rings. The first-order valence-electron chi connectivity index (χ1n) is 10.3. The molecule has 4 saturated carbocycles. The van der Waals surface area contributed by atoms with Crippen LogP contribution in [0.3, 0.4) is 0 Å². The fourth-order valence-electron chi connectivity index (χ4n) is 5.54. The van der Waals surface area contributed by atoms with E-state index in [0.717, 1.165) is 32.1 Å². The van der Waals surface area contributed by atoms with Gasteiger partial charge in [0.15, 0.2) is 6.04 Å². The molecule has 0 aromatic rings. The number of hydrogen-bond donors (Lipinski definition) is 2. The number of hydrogen-bond acceptors (Lipinski definition) is 5. The molecule has 0 saturated heterocycles. The van der Waals surface area contributed by atoms with Crippen LogP contribution in [0.2, 0.25) is 0 Å². The van der Waals surface area contributed by atoms with Crippen LogP contribution in [-0.2, 0) is 9.53 Å². The number of ether oxygens (including phenoxy) is 1. The lowest BCUT2D eigenvalue weighted by atomic mass is 9.44. The molecule has 4 fully saturated rings. The first kappa shape index (κ1) is 19.8. The molecule has 0 spiro atoms. The SMILES string of the molecule is CCOC(=O)[C@H](N=C1C[C@H]2C[C@H](C2(C)C)[C@@]1(C)O)[C@H](O)C1CCCCC1. The first-order chi connectivity index (χ1) is 12.2. The van der Waals surface area contributed by atoms with E-state index < -0.39 is 23.7 Å². The van der Waals surface area contributed by atoms with Crippen LogP contribution in [0.5, 0.6) is 0 Å². The second kappa shape index (κ2) is 7.23. The number of aliphatic hydroxyl groups is 2. The van der Waals surface area contributed by atoms with Gasteiger partial charge in [0.25, 0.3) is 0 Å². The van der Waals surface area contributed by atoms with Crippen molar-refractivity contribution in [3.05, 3.63) is 0 Å². The van der Waals surface area contributed by atoms with E-state index in [1.54, 1.807) is 6.92 Å². The van der Waals surface area contributed by atoms with Gasteiger partial charge in [-0.3, -0.25) is 4.99 Å². The molecule has 2 N–H and O–H groups in total. The summed E-state index contributed by atoms with van der Waals surface area (Å²) in [6.45, 7) is 8.27. The summed E-state index contributed by atoms with van der Waals surface area (Å²) in [5, 5.41) is 22.1. The number of aliphatic hydroxyl groups excluding tert-OH is 1. The van der Waals surface area contributed by atoms with Crippen molar-refractivity contribution in [2.24, 2.45) is 28.2 Å². The molecular formula is C21H35NO4. The van der Waals surface area contributed by atoms with Gasteiger partial charge in [-0.25, -0.2) is 4.79 Å². The Hall–Kier alpha value is -0.940. The second-order valence-corrected chi connectivity index (χ2v) is 9.32. The molecule has 0 aromatic heterocycles.